The van der Waals surface area contributed by atoms with Gasteiger partial charge < -0.3 is 0 Å². The monoisotopic (exact) mass is 485 g/mol. The van der Waals surface area contributed by atoms with Gasteiger partial charge in [-0.05, 0) is 0 Å². The van der Waals surface area contributed by atoms with Crippen LogP contribution >= 0.6 is 0 Å². The van der Waals surface area contributed by atoms with Crippen LogP contribution in [-0.4, -0.2) is 50.8 Å². The van der Waals surface area contributed by atoms with E-state index in [-0.39, 0.29) is 6.09 Å². The molecule has 0 saturated heterocycles. The van der Waals surface area contributed by atoms with Crippen molar-refractivity contribution in [2.45, 2.75) is 115 Å². The molecule has 1 aliphatic rings. The number of ether oxygens (including phenoxy) is 1. The molecule has 2 radical (unpaired) electrons. The molecule has 0 spiro atoms. The van der Waals surface area contributed by atoms with Crippen LogP contribution in [-0.2, 0) is 4.74 Å². The number of carbonyl (C=O) groups excluding carboxylic acids is 1. The van der Waals surface area contributed by atoms with E-state index in [0.29, 0.717) is 3.43 Å². The van der Waals surface area contributed by atoms with Crippen LogP contribution in [0.15, 0.2) is 9.67 Å². The van der Waals surface area contributed by atoms with Gasteiger partial charge in [-0.15, -0.1) is 0 Å². The van der Waals surface area contributed by atoms with E-state index < -0.39 is 26.7 Å². The third-order valence-corrected chi connectivity index (χ3v) is 11.2. The Morgan fingerprint density at radius 1 is 1.04 bits per heavy atom. The Morgan fingerprint density at radius 3 is 1.93 bits per heavy atom. The number of hydrogen-bond donors (Lipinski definition) is 0. The van der Waals surface area contributed by atoms with Crippen LogP contribution in [0.3, 0.4) is 0 Å². The summed E-state index contributed by atoms with van der Waals surface area (Å²) < 4.78 is 7.93. The Kier molecular flexibility index (Phi) is 11.4. The number of rotatable bonds is 11. The predicted molar refractivity (Wildman–Crippen MR) is 118 cm³/mol. The van der Waals surface area contributed by atoms with E-state index in [9.17, 15) is 4.79 Å². The minimum atomic E-state index is -0.627. The fourth-order valence-corrected chi connectivity index (χ4v) is 9.48. The summed E-state index contributed by atoms with van der Waals surface area (Å²) in [5.74, 6) is 0. The molecular formula is C23H43NO2Sn. The van der Waals surface area contributed by atoms with Gasteiger partial charge in [0.05, 0.1) is 0 Å². The second kappa shape index (κ2) is 12.4. The molecule has 1 amide bonds. The van der Waals surface area contributed by atoms with Gasteiger partial charge in [0.15, 0.2) is 0 Å². The summed E-state index contributed by atoms with van der Waals surface area (Å²) in [6, 6.07) is 0. The molecule has 0 aliphatic carbocycles. The topological polar surface area (TPSA) is 29.5 Å². The molecule has 0 saturated carbocycles. The van der Waals surface area contributed by atoms with E-state index in [4.69, 9.17) is 4.74 Å². The number of hydrogen-bond acceptors (Lipinski definition) is 2. The fraction of sp³-hybridized carbons (Fsp3) is 0.870. The van der Waals surface area contributed by atoms with Gasteiger partial charge in [-0.25, -0.2) is 0 Å². The first-order chi connectivity index (χ1) is 12.7. The summed E-state index contributed by atoms with van der Waals surface area (Å²) in [5.41, 5.74) is -0.409. The Balaban J connectivity index is 2.77. The Labute approximate surface area is 178 Å². The van der Waals surface area contributed by atoms with E-state index in [0.717, 1.165) is 19.5 Å². The van der Waals surface area contributed by atoms with Gasteiger partial charge >= 0.3 is 179 Å². The molecule has 1 aliphatic heterocycles. The molecule has 0 aromatic rings. The van der Waals surface area contributed by atoms with Gasteiger partial charge in [-0.2, -0.15) is 0 Å². The molecule has 0 unspecified atom stereocenters. The van der Waals surface area contributed by atoms with Crippen LogP contribution in [0.1, 0.15) is 106 Å². The van der Waals surface area contributed by atoms with E-state index in [1.165, 1.54) is 57.8 Å². The Morgan fingerprint density at radius 2 is 1.56 bits per heavy atom. The van der Waals surface area contributed by atoms with Crippen molar-refractivity contribution in [2.75, 3.05) is 13.1 Å². The van der Waals surface area contributed by atoms with E-state index >= 15 is 0 Å². The average Bonchev–Trinajstić information content (AvgIpc) is 2.62. The van der Waals surface area contributed by atoms with Gasteiger partial charge in [-0.3, -0.25) is 0 Å². The zero-order valence-corrected chi connectivity index (χ0v) is 21.7. The van der Waals surface area contributed by atoms with Crippen molar-refractivity contribution in [2.24, 2.45) is 0 Å². The normalized spacial score (nSPS) is 15.6. The third-order valence-electron chi connectivity index (χ3n) is 5.31. The van der Waals surface area contributed by atoms with E-state index in [1.54, 1.807) is 3.59 Å². The molecule has 3 nitrogen and oxygen atoms in total. The molecule has 27 heavy (non-hydrogen) atoms. The standard InChI is InChI=1S/C13H27.C10H16NO2.Sn/c1-4-7-10-13(11-8-5-2)12-9-6-3;1-10(2,3)13-9(12)11-7-5-4-6-8-11;/h4-12H2,1-3H3;5H,6-8H2,1-3H3;. The molecule has 156 valence electrons. The molecule has 0 N–H and O–H groups in total. The van der Waals surface area contributed by atoms with Crippen LogP contribution in [0, 0.1) is 0 Å². The summed E-state index contributed by atoms with van der Waals surface area (Å²) in [4.78, 5) is 14.2. The number of amides is 1. The summed E-state index contributed by atoms with van der Waals surface area (Å²) >= 11 is -0.627. The zero-order chi connectivity index (χ0) is 20.3. The van der Waals surface area contributed by atoms with Crippen molar-refractivity contribution in [1.29, 1.82) is 0 Å². The average molecular weight is 484 g/mol. The molecule has 0 atom stereocenters. The minimum absolute atomic E-state index is 0.155. The zero-order valence-electron chi connectivity index (χ0n) is 18.8. The molecular weight excluding hydrogens is 441 g/mol. The molecule has 4 heteroatoms. The Bertz CT molecular complexity index is 446. The molecule has 0 bridgehead atoms. The van der Waals surface area contributed by atoms with E-state index in [2.05, 4.69) is 26.8 Å². The number of unbranched alkanes of at least 4 members (excludes halogenated alkanes) is 3. The van der Waals surface area contributed by atoms with Crippen LogP contribution in [0.2, 0.25) is 3.43 Å². The molecule has 0 fully saturated rings. The van der Waals surface area contributed by atoms with Crippen molar-refractivity contribution in [3.05, 3.63) is 9.67 Å². The van der Waals surface area contributed by atoms with Crippen molar-refractivity contribution in [3.63, 3.8) is 0 Å². The van der Waals surface area contributed by atoms with Crippen molar-refractivity contribution in [1.82, 2.24) is 4.90 Å². The number of carbonyl (C=O) groups is 1. The summed E-state index contributed by atoms with van der Waals surface area (Å²) in [5, 5.41) is 0. The van der Waals surface area contributed by atoms with Gasteiger partial charge in [0, 0.05) is 0 Å². The Hall–Kier alpha value is -0.191. The second-order valence-electron chi connectivity index (χ2n) is 9.12. The first-order valence-electron chi connectivity index (χ1n) is 11.2. The van der Waals surface area contributed by atoms with Gasteiger partial charge in [0.1, 0.15) is 0 Å². The maximum atomic E-state index is 12.3. The molecule has 0 aromatic carbocycles. The molecule has 1 heterocycles. The number of nitrogens with zero attached hydrogens (tertiary/aromatic N) is 1. The first-order valence-corrected chi connectivity index (χ1v) is 14.1. The van der Waals surface area contributed by atoms with Crippen LogP contribution in [0.4, 0.5) is 4.79 Å². The van der Waals surface area contributed by atoms with E-state index in [1.807, 2.05) is 25.7 Å². The third kappa shape index (κ3) is 9.71. The van der Waals surface area contributed by atoms with Crippen LogP contribution < -0.4 is 0 Å². The van der Waals surface area contributed by atoms with Crippen molar-refractivity contribution >= 4 is 27.2 Å². The van der Waals surface area contributed by atoms with Gasteiger partial charge in [0.2, 0.25) is 0 Å². The van der Waals surface area contributed by atoms with Gasteiger partial charge in [-0.1, -0.05) is 0 Å². The molecule has 0 aromatic heterocycles. The first kappa shape index (κ1) is 24.8. The quantitative estimate of drug-likeness (QED) is 0.297. The van der Waals surface area contributed by atoms with Crippen molar-refractivity contribution < 1.29 is 9.53 Å². The maximum absolute atomic E-state index is 12.3. The fourth-order valence-electron chi connectivity index (χ4n) is 3.72. The van der Waals surface area contributed by atoms with Crippen LogP contribution in [0.25, 0.3) is 0 Å². The summed E-state index contributed by atoms with van der Waals surface area (Å²) in [7, 11) is 0. The second-order valence-corrected chi connectivity index (χ2v) is 14.7. The summed E-state index contributed by atoms with van der Waals surface area (Å²) in [6.07, 6.45) is 15.7. The van der Waals surface area contributed by atoms with Gasteiger partial charge in [0.25, 0.3) is 0 Å². The predicted octanol–water partition coefficient (Wildman–Crippen LogP) is 6.94. The van der Waals surface area contributed by atoms with Crippen LogP contribution in [0.5, 0.6) is 0 Å². The summed E-state index contributed by atoms with van der Waals surface area (Å²) in [6.45, 7) is 14.4. The SMILES string of the molecule is CCCC[C](CCCC)(CCCC)[Sn][C]1=CCN(C(=O)OC(C)(C)C)CC1. The van der Waals surface area contributed by atoms with Crippen molar-refractivity contribution in [3.8, 4) is 0 Å². The molecule has 1 rings (SSSR count).